The number of aromatic amines is 1. The molecule has 2 N–H and O–H groups in total. The molecule has 0 radical (unpaired) electrons. The number of aromatic nitrogens is 4. The van der Waals surface area contributed by atoms with Crippen molar-refractivity contribution in [3.05, 3.63) is 29.1 Å². The summed E-state index contributed by atoms with van der Waals surface area (Å²) >= 11 is 0. The van der Waals surface area contributed by atoms with Crippen molar-refractivity contribution in [3.8, 4) is 11.5 Å². The molecule has 0 amide bonds. The number of nitrogens with one attached hydrogen (secondary N) is 1. The van der Waals surface area contributed by atoms with Crippen molar-refractivity contribution in [1.82, 2.24) is 20.6 Å². The molecular weight excluding hydrogens is 328 g/mol. The topological polar surface area (TPSA) is 83.9 Å². The van der Waals surface area contributed by atoms with Gasteiger partial charge in [0.2, 0.25) is 0 Å². The van der Waals surface area contributed by atoms with Gasteiger partial charge in [0.05, 0.1) is 6.61 Å². The highest BCUT2D eigenvalue weighted by atomic mass is 16.5. The maximum absolute atomic E-state index is 10.7. The van der Waals surface area contributed by atoms with Crippen molar-refractivity contribution in [2.75, 3.05) is 6.61 Å². The molecule has 144 valence electrons. The number of nitrogens with zero attached hydrogens (tertiary/aromatic N) is 3. The number of aromatic hydroxyl groups is 1. The van der Waals surface area contributed by atoms with Crippen molar-refractivity contribution in [2.24, 2.45) is 0 Å². The Morgan fingerprint density at radius 3 is 2.08 bits per heavy atom. The highest BCUT2D eigenvalue weighted by Gasteiger charge is 2.26. The lowest BCUT2D eigenvalue weighted by Gasteiger charge is -2.28. The van der Waals surface area contributed by atoms with Crippen LogP contribution < -0.4 is 4.74 Å². The van der Waals surface area contributed by atoms with Gasteiger partial charge in [0.1, 0.15) is 17.3 Å². The van der Waals surface area contributed by atoms with Gasteiger partial charge in [0.15, 0.2) is 0 Å². The van der Waals surface area contributed by atoms with Crippen LogP contribution in [0, 0.1) is 0 Å². The molecule has 0 unspecified atom stereocenters. The second kappa shape index (κ2) is 8.06. The van der Waals surface area contributed by atoms with Crippen LogP contribution in [0.15, 0.2) is 12.1 Å². The fourth-order valence-electron chi connectivity index (χ4n) is 2.88. The van der Waals surface area contributed by atoms with E-state index in [4.69, 9.17) is 4.74 Å². The lowest BCUT2D eigenvalue weighted by atomic mass is 9.79. The van der Waals surface area contributed by atoms with E-state index in [1.54, 1.807) is 0 Å². The third-order valence-electron chi connectivity index (χ3n) is 4.42. The zero-order valence-electron chi connectivity index (χ0n) is 16.9. The number of H-pyrrole nitrogens is 1. The predicted molar refractivity (Wildman–Crippen MR) is 103 cm³/mol. The Morgan fingerprint density at radius 1 is 0.962 bits per heavy atom. The first kappa shape index (κ1) is 20.2. The molecular formula is C20H32N4O2. The molecule has 2 rings (SSSR count). The highest BCUT2D eigenvalue weighted by Crippen LogP contribution is 2.41. The van der Waals surface area contributed by atoms with Crippen molar-refractivity contribution in [2.45, 2.75) is 78.1 Å². The maximum atomic E-state index is 10.7. The molecule has 0 aliphatic rings. The number of hydrogen-bond acceptors (Lipinski definition) is 5. The first-order chi connectivity index (χ1) is 12.1. The number of aryl methyl sites for hydroxylation is 1. The van der Waals surface area contributed by atoms with Crippen LogP contribution in [0.25, 0.3) is 0 Å². The van der Waals surface area contributed by atoms with Gasteiger partial charge in [0, 0.05) is 17.5 Å². The van der Waals surface area contributed by atoms with Crippen molar-refractivity contribution in [3.63, 3.8) is 0 Å². The normalized spacial score (nSPS) is 12.4. The fourth-order valence-corrected chi connectivity index (χ4v) is 2.88. The summed E-state index contributed by atoms with van der Waals surface area (Å²) in [5.74, 6) is 2.05. The van der Waals surface area contributed by atoms with E-state index in [1.807, 2.05) is 12.1 Å². The van der Waals surface area contributed by atoms with Crippen molar-refractivity contribution in [1.29, 1.82) is 0 Å². The van der Waals surface area contributed by atoms with Crippen molar-refractivity contribution >= 4 is 0 Å². The van der Waals surface area contributed by atoms with Gasteiger partial charge in [-0.3, -0.25) is 0 Å². The second-order valence-corrected chi connectivity index (χ2v) is 8.87. The Morgan fingerprint density at radius 2 is 1.58 bits per heavy atom. The lowest BCUT2D eigenvalue weighted by Crippen LogP contribution is -2.17. The summed E-state index contributed by atoms with van der Waals surface area (Å²) in [6.45, 7) is 13.3. The van der Waals surface area contributed by atoms with Crippen LogP contribution in [-0.4, -0.2) is 32.3 Å². The molecule has 26 heavy (non-hydrogen) atoms. The van der Waals surface area contributed by atoms with Crippen LogP contribution in [0.3, 0.4) is 0 Å². The Balaban J connectivity index is 1.97. The van der Waals surface area contributed by atoms with Crippen LogP contribution in [0.5, 0.6) is 11.5 Å². The minimum atomic E-state index is -0.144. The predicted octanol–water partition coefficient (Wildman–Crippen LogP) is 4.29. The molecule has 0 saturated heterocycles. The monoisotopic (exact) mass is 360 g/mol. The largest absolute Gasteiger partial charge is 0.507 e. The van der Waals surface area contributed by atoms with E-state index in [0.717, 1.165) is 48.4 Å². The summed E-state index contributed by atoms with van der Waals surface area (Å²) in [4.78, 5) is 0. The maximum Gasteiger partial charge on any atom is 0.148 e. The molecule has 0 aliphatic heterocycles. The number of ether oxygens (including phenoxy) is 1. The number of unbranched alkanes of at least 4 members (excludes halogenated alkanes) is 2. The van der Waals surface area contributed by atoms with Gasteiger partial charge in [-0.15, -0.1) is 5.10 Å². The number of benzene rings is 1. The molecule has 1 heterocycles. The van der Waals surface area contributed by atoms with Gasteiger partial charge in [0.25, 0.3) is 0 Å². The summed E-state index contributed by atoms with van der Waals surface area (Å²) in [5, 5.41) is 24.5. The number of phenols is 1. The van der Waals surface area contributed by atoms with E-state index in [-0.39, 0.29) is 10.8 Å². The average Bonchev–Trinajstić information content (AvgIpc) is 3.03. The van der Waals surface area contributed by atoms with Crippen LogP contribution in [-0.2, 0) is 17.3 Å². The van der Waals surface area contributed by atoms with E-state index in [1.165, 1.54) is 0 Å². The highest BCUT2D eigenvalue weighted by molar-refractivity contribution is 5.51. The van der Waals surface area contributed by atoms with Crippen LogP contribution in [0.4, 0.5) is 0 Å². The molecule has 0 aliphatic carbocycles. The first-order valence-electron chi connectivity index (χ1n) is 9.32. The summed E-state index contributed by atoms with van der Waals surface area (Å²) in [6.07, 6.45) is 3.90. The SMILES string of the molecule is CC(C)(C)c1cc(OCCCCCc2nnn[nH]2)cc(C(C)(C)C)c1O. The molecule has 0 atom stereocenters. The standard InChI is InChI=1S/C20H32N4O2/c1-19(2,3)15-12-14(13-16(18(15)25)20(4,5)6)26-11-9-7-8-10-17-21-23-24-22-17/h12-13,25H,7-11H2,1-6H3,(H,21,22,23,24). The molecule has 0 bridgehead atoms. The molecule has 0 fully saturated rings. The summed E-state index contributed by atoms with van der Waals surface area (Å²) in [6, 6.07) is 3.95. The van der Waals surface area contributed by atoms with E-state index in [2.05, 4.69) is 62.2 Å². The Kier molecular flexibility index (Phi) is 6.26. The van der Waals surface area contributed by atoms with Crippen molar-refractivity contribution < 1.29 is 9.84 Å². The zero-order chi connectivity index (χ0) is 19.4. The number of hydrogen-bond donors (Lipinski definition) is 2. The molecule has 0 spiro atoms. The van der Waals surface area contributed by atoms with Gasteiger partial charge in [-0.25, -0.2) is 5.10 Å². The minimum Gasteiger partial charge on any atom is -0.507 e. The van der Waals surface area contributed by atoms with Gasteiger partial charge in [-0.1, -0.05) is 41.5 Å². The minimum absolute atomic E-state index is 0.144. The lowest BCUT2D eigenvalue weighted by molar-refractivity contribution is 0.302. The third kappa shape index (κ3) is 5.44. The molecule has 1 aromatic carbocycles. The van der Waals surface area contributed by atoms with Crippen LogP contribution in [0.1, 0.15) is 77.8 Å². The summed E-state index contributed by atoms with van der Waals surface area (Å²) < 4.78 is 6.01. The van der Waals surface area contributed by atoms with Gasteiger partial charge < -0.3 is 9.84 Å². The smallest absolute Gasteiger partial charge is 0.148 e. The molecule has 1 aromatic heterocycles. The molecule has 0 saturated carbocycles. The first-order valence-corrected chi connectivity index (χ1v) is 9.32. The summed E-state index contributed by atoms with van der Waals surface area (Å²) in [7, 11) is 0. The summed E-state index contributed by atoms with van der Waals surface area (Å²) in [5.41, 5.74) is 1.57. The Bertz CT molecular complexity index is 663. The second-order valence-electron chi connectivity index (χ2n) is 8.87. The van der Waals surface area contributed by atoms with E-state index < -0.39 is 0 Å². The van der Waals surface area contributed by atoms with Crippen LogP contribution in [0.2, 0.25) is 0 Å². The van der Waals surface area contributed by atoms with Gasteiger partial charge in [-0.05, 0) is 52.7 Å². The third-order valence-corrected chi connectivity index (χ3v) is 4.42. The van der Waals surface area contributed by atoms with E-state index in [0.29, 0.717) is 12.4 Å². The van der Waals surface area contributed by atoms with E-state index >= 15 is 0 Å². The fraction of sp³-hybridized carbons (Fsp3) is 0.650. The quantitative estimate of drug-likeness (QED) is 0.720. The number of rotatable bonds is 7. The molecule has 6 heteroatoms. The van der Waals surface area contributed by atoms with Crippen LogP contribution >= 0.6 is 0 Å². The van der Waals surface area contributed by atoms with E-state index in [9.17, 15) is 5.11 Å². The Hall–Kier alpha value is -2.11. The number of phenolic OH excluding ortho intramolecular Hbond substituents is 1. The van der Waals surface area contributed by atoms with Gasteiger partial charge >= 0.3 is 0 Å². The molecule has 2 aromatic rings. The zero-order valence-corrected chi connectivity index (χ0v) is 16.9. The average molecular weight is 361 g/mol. The molecule has 6 nitrogen and oxygen atoms in total. The Labute approximate surface area is 156 Å². The number of tetrazole rings is 1. The van der Waals surface area contributed by atoms with Gasteiger partial charge in [-0.2, -0.15) is 0 Å².